The molecule has 0 bridgehead atoms. The van der Waals surface area contributed by atoms with Crippen LogP contribution in [-0.4, -0.2) is 74.5 Å². The van der Waals surface area contributed by atoms with E-state index in [0.29, 0.717) is 38.0 Å². The van der Waals surface area contributed by atoms with Crippen LogP contribution < -0.4 is 0 Å². The van der Waals surface area contributed by atoms with Gasteiger partial charge in [0.15, 0.2) is 4.90 Å². The normalized spacial score (nSPS) is 16.9. The number of nitrogens with zero attached hydrogens (tertiary/aromatic N) is 4. The second-order valence-electron chi connectivity index (χ2n) is 10.4. The largest absolute Gasteiger partial charge is 0.299 e. The maximum atomic E-state index is 13.8. The molecule has 0 aliphatic carbocycles. The maximum absolute atomic E-state index is 13.8. The van der Waals surface area contributed by atoms with Gasteiger partial charge in [-0.2, -0.15) is 8.61 Å². The van der Waals surface area contributed by atoms with E-state index in [1.807, 2.05) is 37.3 Å². The zero-order chi connectivity index (χ0) is 30.3. The molecule has 1 heterocycles. The summed E-state index contributed by atoms with van der Waals surface area (Å²) in [6.45, 7) is 7.73. The average molecular weight is 649 g/mol. The first-order chi connectivity index (χ1) is 20.0. The monoisotopic (exact) mass is 648 g/mol. The number of para-hydroxylation sites is 1. The molecule has 0 N–H and O–H groups in total. The molecule has 1 saturated heterocycles. The molecule has 0 atom stereocenters. The van der Waals surface area contributed by atoms with Crippen molar-refractivity contribution in [3.8, 4) is 0 Å². The highest BCUT2D eigenvalue weighted by atomic mass is 35.5. The van der Waals surface area contributed by atoms with Crippen molar-refractivity contribution in [3.05, 3.63) is 112 Å². The van der Waals surface area contributed by atoms with E-state index in [1.54, 1.807) is 24.3 Å². The molecule has 1 aliphatic heterocycles. The number of benzene rings is 3. The number of halogens is 1. The minimum Gasteiger partial charge on any atom is -0.299 e. The summed E-state index contributed by atoms with van der Waals surface area (Å²) in [6, 6.07) is 21.7. The third-order valence-corrected chi connectivity index (χ3v) is 10.9. The predicted molar refractivity (Wildman–Crippen MR) is 169 cm³/mol. The van der Waals surface area contributed by atoms with E-state index in [2.05, 4.69) is 11.5 Å². The van der Waals surface area contributed by atoms with E-state index < -0.39 is 35.6 Å². The fourth-order valence-electron chi connectivity index (χ4n) is 4.99. The molecule has 1 aliphatic rings. The van der Waals surface area contributed by atoms with Crippen LogP contribution in [0.5, 0.6) is 0 Å². The number of nitro groups is 1. The van der Waals surface area contributed by atoms with Crippen LogP contribution >= 0.6 is 12.4 Å². The first-order valence-corrected chi connectivity index (χ1v) is 16.6. The first-order valence-electron chi connectivity index (χ1n) is 13.7. The van der Waals surface area contributed by atoms with Gasteiger partial charge in [-0.3, -0.25) is 15.0 Å². The van der Waals surface area contributed by atoms with E-state index in [4.69, 9.17) is 0 Å². The van der Waals surface area contributed by atoms with Crippen LogP contribution in [-0.2, 0) is 26.6 Å². The summed E-state index contributed by atoms with van der Waals surface area (Å²) in [4.78, 5) is 12.9. The summed E-state index contributed by atoms with van der Waals surface area (Å²) in [6.07, 6.45) is 1.05. The van der Waals surface area contributed by atoms with E-state index in [0.717, 1.165) is 17.2 Å². The molecule has 232 valence electrons. The van der Waals surface area contributed by atoms with E-state index in [1.165, 1.54) is 26.8 Å². The zero-order valence-corrected chi connectivity index (χ0v) is 26.5. The van der Waals surface area contributed by atoms with Gasteiger partial charge in [-0.25, -0.2) is 16.8 Å². The summed E-state index contributed by atoms with van der Waals surface area (Å²) in [5.74, 6) is 0. The number of rotatable bonds is 7. The van der Waals surface area contributed by atoms with Crippen LogP contribution in [0.25, 0.3) is 0 Å². The third-order valence-electron chi connectivity index (χ3n) is 7.15. The molecule has 43 heavy (non-hydrogen) atoms. The highest BCUT2D eigenvalue weighted by molar-refractivity contribution is 7.89. The molecule has 1 fully saturated rings. The van der Waals surface area contributed by atoms with Gasteiger partial charge in [0.25, 0.3) is 5.69 Å². The Balaban J connectivity index is 0.00000506. The lowest BCUT2D eigenvalue weighted by Crippen LogP contribution is -2.41. The van der Waals surface area contributed by atoms with Gasteiger partial charge in [-0.1, -0.05) is 66.7 Å². The van der Waals surface area contributed by atoms with Crippen LogP contribution in [0.4, 0.5) is 5.69 Å². The zero-order valence-electron chi connectivity index (χ0n) is 24.0. The molecule has 10 nitrogen and oxygen atoms in total. The molecule has 0 aromatic heterocycles. The minimum atomic E-state index is -4.30. The number of sulfonamides is 2. The van der Waals surface area contributed by atoms with Crippen LogP contribution in [0.2, 0.25) is 0 Å². The second-order valence-corrected chi connectivity index (χ2v) is 14.3. The van der Waals surface area contributed by atoms with Crippen molar-refractivity contribution in [2.45, 2.75) is 36.1 Å². The lowest BCUT2D eigenvalue weighted by atomic mass is 10.2. The highest BCUT2D eigenvalue weighted by Gasteiger charge is 2.33. The van der Waals surface area contributed by atoms with Gasteiger partial charge in [-0.15, -0.1) is 12.4 Å². The third kappa shape index (κ3) is 8.71. The molecule has 0 amide bonds. The van der Waals surface area contributed by atoms with Crippen LogP contribution in [0.15, 0.2) is 101 Å². The minimum absolute atomic E-state index is 0. The second kappa shape index (κ2) is 15.0. The maximum Gasteiger partial charge on any atom is 0.289 e. The van der Waals surface area contributed by atoms with Crippen LogP contribution in [0.1, 0.15) is 24.0 Å². The average Bonchev–Trinajstić information content (AvgIpc) is 2.96. The van der Waals surface area contributed by atoms with Gasteiger partial charge >= 0.3 is 0 Å². The smallest absolute Gasteiger partial charge is 0.289 e. The molecule has 0 spiro atoms. The van der Waals surface area contributed by atoms with Gasteiger partial charge < -0.3 is 0 Å². The molecule has 3 aromatic rings. The molecule has 0 radical (unpaired) electrons. The first kappa shape index (κ1) is 34.4. The Morgan fingerprint density at radius 2 is 1.30 bits per heavy atom. The predicted octanol–water partition coefficient (Wildman–Crippen LogP) is 4.86. The molecular weight excluding hydrogens is 612 g/mol. The van der Waals surface area contributed by atoms with Crippen molar-refractivity contribution in [2.75, 3.05) is 39.3 Å². The fraction of sp³-hybridized carbons (Fsp3) is 0.333. The standard InChI is InChI=1S/C30H36N4O6S2.ClH/c1-25-14-16-28(17-15-25)41(37,38)32-20-8-18-31(24-27-10-4-3-5-11-27)19-9-21-33(23-26(2)22-32)42(39,40)30-13-7-6-12-29(30)34(35)36;/h3-7,10-17H,2,8-9,18-24H2,1H3;1H. The van der Waals surface area contributed by atoms with E-state index >= 15 is 0 Å². The molecule has 13 heteroatoms. The number of nitro benzene ring substituents is 1. The highest BCUT2D eigenvalue weighted by Crippen LogP contribution is 2.28. The summed E-state index contributed by atoms with van der Waals surface area (Å²) in [5.41, 5.74) is 1.88. The van der Waals surface area contributed by atoms with Crippen molar-refractivity contribution in [1.29, 1.82) is 0 Å². The number of aryl methyl sites for hydroxylation is 1. The van der Waals surface area contributed by atoms with Gasteiger partial charge in [0.2, 0.25) is 20.0 Å². The Kier molecular flexibility index (Phi) is 12.0. The van der Waals surface area contributed by atoms with Crippen molar-refractivity contribution in [2.24, 2.45) is 0 Å². The topological polar surface area (TPSA) is 121 Å². The molecular formula is C30H37ClN4O6S2. The van der Waals surface area contributed by atoms with Gasteiger partial charge in [0.1, 0.15) is 0 Å². The van der Waals surface area contributed by atoms with Crippen LogP contribution in [0.3, 0.4) is 0 Å². The lowest BCUT2D eigenvalue weighted by molar-refractivity contribution is -0.387. The Labute approximate surface area is 260 Å². The molecule has 0 saturated carbocycles. The summed E-state index contributed by atoms with van der Waals surface area (Å²) in [7, 11) is -8.20. The van der Waals surface area contributed by atoms with E-state index in [-0.39, 0.29) is 43.5 Å². The summed E-state index contributed by atoms with van der Waals surface area (Å²) < 4.78 is 57.6. The van der Waals surface area contributed by atoms with Gasteiger partial charge in [0, 0.05) is 38.8 Å². The Hall–Kier alpha value is -3.13. The lowest BCUT2D eigenvalue weighted by Gasteiger charge is -2.30. The molecule has 3 aromatic carbocycles. The van der Waals surface area contributed by atoms with Crippen molar-refractivity contribution in [3.63, 3.8) is 0 Å². The number of hydrogen-bond donors (Lipinski definition) is 0. The van der Waals surface area contributed by atoms with Crippen LogP contribution in [0, 0.1) is 17.0 Å². The fourth-order valence-corrected chi connectivity index (χ4v) is 8.15. The number of hydrogen-bond acceptors (Lipinski definition) is 7. The summed E-state index contributed by atoms with van der Waals surface area (Å²) in [5, 5.41) is 11.7. The van der Waals surface area contributed by atoms with Crippen molar-refractivity contribution < 1.29 is 21.8 Å². The quantitative estimate of drug-likeness (QED) is 0.204. The SMILES string of the molecule is C=C1CN(S(=O)(=O)c2ccc(C)cc2)CCCN(Cc2ccccc2)CCCN(S(=O)(=O)c2ccccc2[N+](=O)[O-])C1.Cl. The van der Waals surface area contributed by atoms with Gasteiger partial charge in [-0.05, 0) is 62.2 Å². The molecule has 4 rings (SSSR count). The van der Waals surface area contributed by atoms with Gasteiger partial charge in [0.05, 0.1) is 9.82 Å². The van der Waals surface area contributed by atoms with Crippen molar-refractivity contribution in [1.82, 2.24) is 13.5 Å². The van der Waals surface area contributed by atoms with Crippen molar-refractivity contribution >= 4 is 38.1 Å². The molecule has 0 unspecified atom stereocenters. The summed E-state index contributed by atoms with van der Waals surface area (Å²) >= 11 is 0. The Bertz CT molecular complexity index is 1620. The Morgan fingerprint density at radius 3 is 1.88 bits per heavy atom. The van der Waals surface area contributed by atoms with E-state index in [9.17, 15) is 26.9 Å². The Morgan fingerprint density at radius 1 is 0.767 bits per heavy atom.